The van der Waals surface area contributed by atoms with Crippen LogP contribution in [0.1, 0.15) is 40.0 Å². The normalized spacial score (nSPS) is 15.5. The second-order valence-electron chi connectivity index (χ2n) is 7.38. The van der Waals surface area contributed by atoms with Crippen molar-refractivity contribution in [3.8, 4) is 0 Å². The number of hydrogen-bond donors (Lipinski definition) is 2. The highest BCUT2D eigenvalue weighted by Gasteiger charge is 2.25. The zero-order valence-electron chi connectivity index (χ0n) is 16.2. The van der Waals surface area contributed by atoms with E-state index in [1.807, 2.05) is 36.1 Å². The van der Waals surface area contributed by atoms with E-state index in [2.05, 4.69) is 10.4 Å². The Labute approximate surface area is 169 Å². The van der Waals surface area contributed by atoms with Gasteiger partial charge in [-0.25, -0.2) is 4.68 Å². The smallest absolute Gasteiger partial charge is 0.256 e. The highest BCUT2D eigenvalue weighted by Crippen LogP contribution is 2.22. The molecule has 3 N–H and O–H groups in total. The predicted octanol–water partition coefficient (Wildman–Crippen LogP) is 1.88. The molecule has 0 bridgehead atoms. The number of likely N-dealkylation sites (tertiary alicyclic amines) is 1. The Balaban J connectivity index is 1.63. The number of carbonyl (C=O) groups is 2. The van der Waals surface area contributed by atoms with Gasteiger partial charge >= 0.3 is 0 Å². The summed E-state index contributed by atoms with van der Waals surface area (Å²) in [6, 6.07) is 8.19. The molecule has 1 aliphatic rings. The molecule has 1 fully saturated rings. The van der Waals surface area contributed by atoms with Crippen LogP contribution in [-0.4, -0.2) is 52.2 Å². The van der Waals surface area contributed by atoms with Crippen LogP contribution in [-0.2, 0) is 11.3 Å². The maximum atomic E-state index is 12.8. The molecule has 0 saturated carbocycles. The minimum absolute atomic E-state index is 0.0486. The number of nitrogens with one attached hydrogen (secondary N) is 1. The zero-order chi connectivity index (χ0) is 20.3. The minimum atomic E-state index is -0.328. The first-order chi connectivity index (χ1) is 13.3. The Kier molecular flexibility index (Phi) is 6.36. The van der Waals surface area contributed by atoms with Crippen molar-refractivity contribution in [3.63, 3.8) is 0 Å². The van der Waals surface area contributed by atoms with E-state index < -0.39 is 0 Å². The first-order valence-electron chi connectivity index (χ1n) is 9.43. The standard InChI is InChI=1S/C20H26ClN5O2/c1-13-3-5-15(6-4-13)11-26-19(21)18(14(2)24-26)20(28)23-16-7-9-25(10-8-16)12-17(22)27/h3-6,16H,7-12H2,1-2H3,(H2,22,27)(H,23,28). The molecule has 1 aromatic carbocycles. The van der Waals surface area contributed by atoms with Gasteiger partial charge in [-0.1, -0.05) is 41.4 Å². The summed E-state index contributed by atoms with van der Waals surface area (Å²) in [5.41, 5.74) is 8.54. The van der Waals surface area contributed by atoms with Crippen LogP contribution in [0, 0.1) is 13.8 Å². The number of nitrogens with zero attached hydrogens (tertiary/aromatic N) is 3. The molecule has 1 aliphatic heterocycles. The summed E-state index contributed by atoms with van der Waals surface area (Å²) in [5.74, 6) is -0.531. The summed E-state index contributed by atoms with van der Waals surface area (Å²) in [7, 11) is 0. The van der Waals surface area contributed by atoms with E-state index in [0.29, 0.717) is 23.0 Å². The predicted molar refractivity (Wildman–Crippen MR) is 108 cm³/mol. The van der Waals surface area contributed by atoms with E-state index in [9.17, 15) is 9.59 Å². The van der Waals surface area contributed by atoms with Crippen LogP contribution in [0.4, 0.5) is 0 Å². The van der Waals surface area contributed by atoms with Crippen molar-refractivity contribution >= 4 is 23.4 Å². The third-order valence-corrected chi connectivity index (χ3v) is 5.43. The SMILES string of the molecule is Cc1ccc(Cn2nc(C)c(C(=O)NC3CCN(CC(N)=O)CC3)c2Cl)cc1. The van der Waals surface area contributed by atoms with E-state index in [1.165, 1.54) is 5.56 Å². The van der Waals surface area contributed by atoms with Crippen molar-refractivity contribution in [2.24, 2.45) is 5.73 Å². The number of nitrogens with two attached hydrogens (primary N) is 1. The van der Waals surface area contributed by atoms with Gasteiger partial charge < -0.3 is 11.1 Å². The highest BCUT2D eigenvalue weighted by molar-refractivity contribution is 6.33. The Morgan fingerprint density at radius 3 is 2.46 bits per heavy atom. The van der Waals surface area contributed by atoms with E-state index >= 15 is 0 Å². The van der Waals surface area contributed by atoms with Gasteiger partial charge in [0.25, 0.3) is 5.91 Å². The van der Waals surface area contributed by atoms with Crippen molar-refractivity contribution < 1.29 is 9.59 Å². The number of benzene rings is 1. The molecule has 8 heteroatoms. The van der Waals surface area contributed by atoms with Crippen molar-refractivity contribution in [2.45, 2.75) is 39.3 Å². The molecule has 0 spiro atoms. The van der Waals surface area contributed by atoms with Crippen LogP contribution in [0.2, 0.25) is 5.15 Å². The summed E-state index contributed by atoms with van der Waals surface area (Å²) in [6.07, 6.45) is 1.54. The Hall–Kier alpha value is -2.38. The van der Waals surface area contributed by atoms with E-state index in [1.54, 1.807) is 11.6 Å². The van der Waals surface area contributed by atoms with Crippen LogP contribution in [0.3, 0.4) is 0 Å². The van der Waals surface area contributed by atoms with Crippen LogP contribution >= 0.6 is 11.6 Å². The maximum Gasteiger partial charge on any atom is 0.256 e. The number of halogens is 1. The third-order valence-electron chi connectivity index (χ3n) is 5.05. The number of rotatable bonds is 6. The van der Waals surface area contributed by atoms with Crippen molar-refractivity contribution in [1.29, 1.82) is 0 Å². The van der Waals surface area contributed by atoms with Gasteiger partial charge in [-0.05, 0) is 32.3 Å². The Morgan fingerprint density at radius 1 is 1.21 bits per heavy atom. The van der Waals surface area contributed by atoms with E-state index in [-0.39, 0.29) is 24.4 Å². The fourth-order valence-corrected chi connectivity index (χ4v) is 3.82. The maximum absolute atomic E-state index is 12.8. The first-order valence-corrected chi connectivity index (χ1v) is 9.81. The molecular weight excluding hydrogens is 378 g/mol. The number of primary amides is 1. The van der Waals surface area contributed by atoms with Crippen molar-refractivity contribution in [1.82, 2.24) is 20.0 Å². The molecule has 1 saturated heterocycles. The Bertz CT molecular complexity index is 854. The monoisotopic (exact) mass is 403 g/mol. The van der Waals surface area contributed by atoms with Crippen molar-refractivity contribution in [2.75, 3.05) is 19.6 Å². The second-order valence-corrected chi connectivity index (χ2v) is 7.74. The lowest BCUT2D eigenvalue weighted by Crippen LogP contribution is -2.46. The molecular formula is C20H26ClN5O2. The molecule has 0 unspecified atom stereocenters. The Morgan fingerprint density at radius 2 is 1.86 bits per heavy atom. The molecule has 7 nitrogen and oxygen atoms in total. The molecule has 0 atom stereocenters. The van der Waals surface area contributed by atoms with Gasteiger partial charge in [0.15, 0.2) is 0 Å². The minimum Gasteiger partial charge on any atom is -0.369 e. The molecule has 1 aromatic heterocycles. The number of aryl methyl sites for hydroxylation is 2. The molecule has 2 heterocycles. The zero-order valence-corrected chi connectivity index (χ0v) is 17.0. The molecule has 0 radical (unpaired) electrons. The lowest BCUT2D eigenvalue weighted by atomic mass is 10.0. The van der Waals surface area contributed by atoms with Gasteiger partial charge in [0.2, 0.25) is 5.91 Å². The van der Waals surface area contributed by atoms with Crippen LogP contribution < -0.4 is 11.1 Å². The average Bonchev–Trinajstić information content (AvgIpc) is 2.91. The fraction of sp³-hybridized carbons (Fsp3) is 0.450. The molecule has 0 aliphatic carbocycles. The van der Waals surface area contributed by atoms with Crippen LogP contribution in [0.5, 0.6) is 0 Å². The lowest BCUT2D eigenvalue weighted by molar-refractivity contribution is -0.119. The van der Waals surface area contributed by atoms with Crippen LogP contribution in [0.25, 0.3) is 0 Å². The highest BCUT2D eigenvalue weighted by atomic mass is 35.5. The van der Waals surface area contributed by atoms with Gasteiger partial charge in [0.1, 0.15) is 5.15 Å². The van der Waals surface area contributed by atoms with Gasteiger partial charge in [-0.15, -0.1) is 0 Å². The molecule has 3 rings (SSSR count). The van der Waals surface area contributed by atoms with Gasteiger partial charge in [0, 0.05) is 19.1 Å². The second kappa shape index (κ2) is 8.75. The summed E-state index contributed by atoms with van der Waals surface area (Å²) in [5, 5.41) is 7.86. The van der Waals surface area contributed by atoms with E-state index in [0.717, 1.165) is 31.5 Å². The number of hydrogen-bond acceptors (Lipinski definition) is 4. The lowest BCUT2D eigenvalue weighted by Gasteiger charge is -2.31. The summed E-state index contributed by atoms with van der Waals surface area (Å²) in [6.45, 7) is 6.06. The van der Waals surface area contributed by atoms with Crippen LogP contribution in [0.15, 0.2) is 24.3 Å². The fourth-order valence-electron chi connectivity index (χ4n) is 3.50. The summed E-state index contributed by atoms with van der Waals surface area (Å²) in [4.78, 5) is 25.8. The van der Waals surface area contributed by atoms with Gasteiger partial charge in [-0.3, -0.25) is 14.5 Å². The quantitative estimate of drug-likeness (QED) is 0.770. The number of carbonyl (C=O) groups excluding carboxylic acids is 2. The third kappa shape index (κ3) is 4.91. The van der Waals surface area contributed by atoms with Gasteiger partial charge in [0.05, 0.1) is 24.3 Å². The van der Waals surface area contributed by atoms with Gasteiger partial charge in [-0.2, -0.15) is 5.10 Å². The first kappa shape index (κ1) is 20.4. The number of aromatic nitrogens is 2. The summed E-state index contributed by atoms with van der Waals surface area (Å²) >= 11 is 6.48. The molecule has 2 amide bonds. The average molecular weight is 404 g/mol. The topological polar surface area (TPSA) is 93.2 Å². The number of amides is 2. The van der Waals surface area contributed by atoms with Crippen molar-refractivity contribution in [3.05, 3.63) is 51.8 Å². The molecule has 2 aromatic rings. The molecule has 28 heavy (non-hydrogen) atoms. The van der Waals surface area contributed by atoms with E-state index in [4.69, 9.17) is 17.3 Å². The number of piperidine rings is 1. The largest absolute Gasteiger partial charge is 0.369 e. The summed E-state index contributed by atoms with van der Waals surface area (Å²) < 4.78 is 1.66. The molecule has 150 valence electrons.